The maximum atomic E-state index is 6.58. The van der Waals surface area contributed by atoms with Crippen molar-refractivity contribution >= 4 is 28.9 Å². The summed E-state index contributed by atoms with van der Waals surface area (Å²) in [6, 6.07) is 2.17. The summed E-state index contributed by atoms with van der Waals surface area (Å²) >= 11 is 13.2. The van der Waals surface area contributed by atoms with E-state index < -0.39 is 6.69 Å². The molecule has 0 amide bonds. The largest absolute Gasteiger partial charge is 0.251 e. The van der Waals surface area contributed by atoms with Crippen LogP contribution in [0.2, 0.25) is 12.1 Å². The Balaban J connectivity index is 3.36. The smallest absolute Gasteiger partial charge is 0.146 e. The fraction of sp³-hybridized carbons (Fsp3) is 0.800. The summed E-state index contributed by atoms with van der Waals surface area (Å²) in [5.74, 6) is 0. The summed E-state index contributed by atoms with van der Waals surface area (Å²) in [7, 11) is 0. The van der Waals surface area contributed by atoms with Crippen LogP contribution in [-0.4, -0.2) is 6.69 Å². The van der Waals surface area contributed by atoms with Gasteiger partial charge in [0.05, 0.1) is 0 Å². The molecule has 0 aliphatic heterocycles. The molecule has 0 aromatic heterocycles. The van der Waals surface area contributed by atoms with Crippen molar-refractivity contribution in [3.63, 3.8) is 0 Å². The fourth-order valence-corrected chi connectivity index (χ4v) is 6.27. The van der Waals surface area contributed by atoms with E-state index in [2.05, 4.69) is 13.2 Å². The molecule has 0 aliphatic carbocycles. The Hall–Kier alpha value is 0.277. The lowest BCUT2D eigenvalue weighted by molar-refractivity contribution is 0.605. The third-order valence-electron chi connectivity index (χ3n) is 4.40. The molecule has 0 bridgehead atoms. The molecule has 0 spiro atoms. The molecule has 0 nitrogen and oxygen atoms in total. The van der Waals surface area contributed by atoms with E-state index in [0.717, 1.165) is 24.9 Å². The Labute approximate surface area is 156 Å². The summed E-state index contributed by atoms with van der Waals surface area (Å²) in [5.41, 5.74) is 0. The summed E-state index contributed by atoms with van der Waals surface area (Å²) < 4.78 is 0. The van der Waals surface area contributed by atoms with Gasteiger partial charge in [0.15, 0.2) is 0 Å². The zero-order chi connectivity index (χ0) is 17.2. The van der Waals surface area contributed by atoms with Crippen LogP contribution in [0.4, 0.5) is 0 Å². The van der Waals surface area contributed by atoms with Crippen molar-refractivity contribution in [2.24, 2.45) is 0 Å². The monoisotopic (exact) mass is 376 g/mol. The van der Waals surface area contributed by atoms with E-state index in [1.807, 2.05) is 12.2 Å². The molecule has 0 N–H and O–H groups in total. The number of hydrogen-bond donors (Lipinski definition) is 0. The molecule has 0 rings (SSSR count). The molecule has 0 unspecified atom stereocenters. The SMILES string of the molecule is C=CCCCCCCCC[Si](Cl)(Cl)CCCCCCCCC=C. The number of rotatable bonds is 18. The quantitative estimate of drug-likeness (QED) is 0.0969. The van der Waals surface area contributed by atoms with E-state index >= 15 is 0 Å². The Morgan fingerprint density at radius 1 is 0.522 bits per heavy atom. The topological polar surface area (TPSA) is 0 Å². The molecule has 3 heteroatoms. The Bertz CT molecular complexity index is 251. The van der Waals surface area contributed by atoms with Gasteiger partial charge in [-0.05, 0) is 37.8 Å². The minimum Gasteiger partial charge on any atom is -0.146 e. The van der Waals surface area contributed by atoms with Crippen LogP contribution < -0.4 is 0 Å². The van der Waals surface area contributed by atoms with Crippen LogP contribution in [0.3, 0.4) is 0 Å². The van der Waals surface area contributed by atoms with Crippen molar-refractivity contribution < 1.29 is 0 Å². The second kappa shape index (κ2) is 17.1. The maximum absolute atomic E-state index is 6.58. The average molecular weight is 378 g/mol. The van der Waals surface area contributed by atoms with Gasteiger partial charge in [-0.25, -0.2) is 0 Å². The highest BCUT2D eigenvalue weighted by molar-refractivity contribution is 7.45. The molecule has 0 saturated carbocycles. The number of hydrogen-bond acceptors (Lipinski definition) is 0. The predicted molar refractivity (Wildman–Crippen MR) is 112 cm³/mol. The Morgan fingerprint density at radius 3 is 1.17 bits per heavy atom. The number of halogens is 2. The highest BCUT2D eigenvalue weighted by Crippen LogP contribution is 2.30. The van der Waals surface area contributed by atoms with Crippen molar-refractivity contribution in [3.8, 4) is 0 Å². The zero-order valence-corrected chi connectivity index (χ0v) is 17.7. The van der Waals surface area contributed by atoms with Crippen molar-refractivity contribution in [1.82, 2.24) is 0 Å². The molecule has 0 saturated heterocycles. The fourth-order valence-electron chi connectivity index (χ4n) is 2.88. The van der Waals surface area contributed by atoms with Crippen molar-refractivity contribution in [3.05, 3.63) is 25.3 Å². The average Bonchev–Trinajstić information content (AvgIpc) is 2.52. The molecule has 0 radical (unpaired) electrons. The lowest BCUT2D eigenvalue weighted by Gasteiger charge is -2.16. The van der Waals surface area contributed by atoms with Gasteiger partial charge in [0.1, 0.15) is 0 Å². The minimum atomic E-state index is -1.95. The van der Waals surface area contributed by atoms with Crippen LogP contribution in [0.1, 0.15) is 89.9 Å². The third-order valence-corrected chi connectivity index (χ3v) is 8.84. The van der Waals surface area contributed by atoms with Crippen LogP contribution in [0.25, 0.3) is 0 Å². The number of unbranched alkanes of at least 4 members (excludes halogenated alkanes) is 12. The molecule has 23 heavy (non-hydrogen) atoms. The van der Waals surface area contributed by atoms with Gasteiger partial charge in [0.2, 0.25) is 0 Å². The van der Waals surface area contributed by atoms with E-state index in [1.54, 1.807) is 0 Å². The molecule has 136 valence electrons. The highest BCUT2D eigenvalue weighted by Gasteiger charge is 2.26. The lowest BCUT2D eigenvalue weighted by atomic mass is 10.1. The van der Waals surface area contributed by atoms with Gasteiger partial charge in [-0.2, -0.15) is 0 Å². The first-order valence-corrected chi connectivity index (χ1v) is 14.2. The third kappa shape index (κ3) is 18.5. The summed E-state index contributed by atoms with van der Waals surface area (Å²) in [4.78, 5) is 0. The van der Waals surface area contributed by atoms with Crippen LogP contribution in [0.5, 0.6) is 0 Å². The highest BCUT2D eigenvalue weighted by atomic mass is 35.7. The molecular formula is C20H38Cl2Si. The van der Waals surface area contributed by atoms with E-state index in [-0.39, 0.29) is 0 Å². The van der Waals surface area contributed by atoms with Gasteiger partial charge in [0, 0.05) is 0 Å². The predicted octanol–water partition coefficient (Wildman–Crippen LogP) is 8.74. The summed E-state index contributed by atoms with van der Waals surface area (Å²) in [5, 5.41) is 0. The molecule has 0 aromatic carbocycles. The van der Waals surface area contributed by atoms with E-state index in [9.17, 15) is 0 Å². The second-order valence-electron chi connectivity index (χ2n) is 6.75. The van der Waals surface area contributed by atoms with E-state index in [1.165, 1.54) is 77.0 Å². The Morgan fingerprint density at radius 2 is 0.826 bits per heavy atom. The standard InChI is InChI=1S/C20H38Cl2Si/c1-3-5-7-9-11-13-15-17-19-23(21,22)20-18-16-14-12-10-8-6-4-2/h3-4H,1-2,5-20H2. The van der Waals surface area contributed by atoms with Gasteiger partial charge in [-0.1, -0.05) is 76.4 Å². The lowest BCUT2D eigenvalue weighted by Crippen LogP contribution is -2.18. The van der Waals surface area contributed by atoms with Crippen LogP contribution in [-0.2, 0) is 0 Å². The Kier molecular flexibility index (Phi) is 17.3. The normalized spacial score (nSPS) is 11.6. The number of allylic oxidation sites excluding steroid dienone is 2. The molecular weight excluding hydrogens is 339 g/mol. The van der Waals surface area contributed by atoms with Gasteiger partial charge in [0.25, 0.3) is 6.69 Å². The first-order chi connectivity index (χ1) is 11.1. The van der Waals surface area contributed by atoms with Crippen LogP contribution >= 0.6 is 22.2 Å². The van der Waals surface area contributed by atoms with E-state index in [4.69, 9.17) is 22.2 Å². The second-order valence-corrected chi connectivity index (χ2v) is 14.4. The van der Waals surface area contributed by atoms with Crippen molar-refractivity contribution in [1.29, 1.82) is 0 Å². The van der Waals surface area contributed by atoms with Crippen molar-refractivity contribution in [2.75, 3.05) is 0 Å². The summed E-state index contributed by atoms with van der Waals surface area (Å²) in [6.45, 7) is 5.57. The van der Waals surface area contributed by atoms with Crippen LogP contribution in [0, 0.1) is 0 Å². The van der Waals surface area contributed by atoms with Crippen LogP contribution in [0.15, 0.2) is 25.3 Å². The molecule has 0 heterocycles. The summed E-state index contributed by atoms with van der Waals surface area (Å²) in [6.07, 6.45) is 22.0. The van der Waals surface area contributed by atoms with Crippen molar-refractivity contribution in [2.45, 2.75) is 102 Å². The van der Waals surface area contributed by atoms with Gasteiger partial charge in [-0.15, -0.1) is 35.3 Å². The first kappa shape index (κ1) is 23.3. The first-order valence-electron chi connectivity index (χ1n) is 9.72. The van der Waals surface area contributed by atoms with Gasteiger partial charge in [-0.3, -0.25) is 0 Å². The van der Waals surface area contributed by atoms with Gasteiger partial charge >= 0.3 is 0 Å². The van der Waals surface area contributed by atoms with Gasteiger partial charge < -0.3 is 0 Å². The maximum Gasteiger partial charge on any atom is 0.251 e. The molecule has 0 fully saturated rings. The molecule has 0 aromatic rings. The molecule has 0 aliphatic rings. The van der Waals surface area contributed by atoms with E-state index in [0.29, 0.717) is 0 Å². The molecule has 0 atom stereocenters. The minimum absolute atomic E-state index is 1.09. The zero-order valence-electron chi connectivity index (χ0n) is 15.1.